The normalized spacial score (nSPS) is 17.2. The van der Waals surface area contributed by atoms with Crippen molar-refractivity contribution < 1.29 is 0 Å². The van der Waals surface area contributed by atoms with Gasteiger partial charge in [-0.2, -0.15) is 0 Å². The van der Waals surface area contributed by atoms with E-state index in [1.807, 2.05) is 6.20 Å². The number of aromatic nitrogens is 2. The Kier molecular flexibility index (Phi) is 4.43. The second kappa shape index (κ2) is 6.46. The topological polar surface area (TPSA) is 29.0 Å². The first-order chi connectivity index (χ1) is 9.83. The number of piperidine rings is 1. The second-order valence-electron chi connectivity index (χ2n) is 5.27. The Morgan fingerprint density at radius 2 is 1.95 bits per heavy atom. The van der Waals surface area contributed by atoms with Gasteiger partial charge in [0.2, 0.25) is 0 Å². The molecule has 0 saturated carbocycles. The van der Waals surface area contributed by atoms with Crippen LogP contribution in [-0.4, -0.2) is 28.0 Å². The van der Waals surface area contributed by atoms with Gasteiger partial charge < -0.3 is 0 Å². The third-order valence-corrected chi connectivity index (χ3v) is 4.71. The highest BCUT2D eigenvalue weighted by atomic mass is 79.9. The van der Waals surface area contributed by atoms with Crippen molar-refractivity contribution in [2.24, 2.45) is 0 Å². The molecule has 1 fully saturated rings. The fourth-order valence-electron chi connectivity index (χ4n) is 2.78. The van der Waals surface area contributed by atoms with Crippen LogP contribution < -0.4 is 0 Å². The van der Waals surface area contributed by atoms with Gasteiger partial charge in [0, 0.05) is 35.5 Å². The van der Waals surface area contributed by atoms with E-state index in [1.165, 1.54) is 22.9 Å². The van der Waals surface area contributed by atoms with Crippen LogP contribution in [0.4, 0.5) is 0 Å². The van der Waals surface area contributed by atoms with Gasteiger partial charge >= 0.3 is 0 Å². The third kappa shape index (κ3) is 3.25. The highest BCUT2D eigenvalue weighted by Crippen LogP contribution is 2.27. The molecule has 0 amide bonds. The summed E-state index contributed by atoms with van der Waals surface area (Å²) in [5, 5.41) is 0. The van der Waals surface area contributed by atoms with Gasteiger partial charge in [-0.25, -0.2) is 0 Å². The van der Waals surface area contributed by atoms with Crippen molar-refractivity contribution in [1.29, 1.82) is 0 Å². The molecular weight excluding hydrogens is 314 g/mol. The van der Waals surface area contributed by atoms with Gasteiger partial charge in [0.25, 0.3) is 0 Å². The molecule has 4 heteroatoms. The molecular formula is C16H18BrN3. The zero-order valence-electron chi connectivity index (χ0n) is 11.4. The summed E-state index contributed by atoms with van der Waals surface area (Å²) in [6.07, 6.45) is 7.79. The van der Waals surface area contributed by atoms with Gasteiger partial charge in [0.1, 0.15) is 0 Å². The molecule has 3 nitrogen and oxygen atoms in total. The first kappa shape index (κ1) is 13.7. The molecule has 2 heterocycles. The first-order valence-electron chi connectivity index (χ1n) is 7.04. The largest absolute Gasteiger partial charge is 0.299 e. The van der Waals surface area contributed by atoms with Crippen LogP contribution in [0.15, 0.2) is 47.3 Å². The lowest BCUT2D eigenvalue weighted by molar-refractivity contribution is 0.203. The Morgan fingerprint density at radius 1 is 1.15 bits per heavy atom. The lowest BCUT2D eigenvalue weighted by Crippen LogP contribution is -2.32. The SMILES string of the molecule is Brc1ccccc1CN1CCC(c2cnccn2)CC1. The minimum atomic E-state index is 0.569. The fourth-order valence-corrected chi connectivity index (χ4v) is 3.19. The van der Waals surface area contributed by atoms with E-state index >= 15 is 0 Å². The summed E-state index contributed by atoms with van der Waals surface area (Å²) < 4.78 is 1.20. The van der Waals surface area contributed by atoms with Crippen LogP contribution in [0, 0.1) is 0 Å². The summed E-state index contributed by atoms with van der Waals surface area (Å²) in [7, 11) is 0. The van der Waals surface area contributed by atoms with Crippen LogP contribution in [0.25, 0.3) is 0 Å². The molecule has 1 aliphatic rings. The summed E-state index contributed by atoms with van der Waals surface area (Å²) in [5.41, 5.74) is 2.51. The quantitative estimate of drug-likeness (QED) is 0.860. The number of rotatable bonds is 3. The van der Waals surface area contributed by atoms with E-state index in [-0.39, 0.29) is 0 Å². The second-order valence-corrected chi connectivity index (χ2v) is 6.13. The van der Waals surface area contributed by atoms with E-state index in [9.17, 15) is 0 Å². The molecule has 1 aromatic carbocycles. The van der Waals surface area contributed by atoms with E-state index < -0.39 is 0 Å². The van der Waals surface area contributed by atoms with Crippen molar-refractivity contribution in [2.75, 3.05) is 13.1 Å². The Labute approximate surface area is 128 Å². The van der Waals surface area contributed by atoms with Crippen LogP contribution >= 0.6 is 15.9 Å². The molecule has 3 rings (SSSR count). The van der Waals surface area contributed by atoms with E-state index in [0.29, 0.717) is 5.92 Å². The van der Waals surface area contributed by atoms with Gasteiger partial charge in [-0.05, 0) is 37.6 Å². The van der Waals surface area contributed by atoms with E-state index in [4.69, 9.17) is 0 Å². The van der Waals surface area contributed by atoms with E-state index in [0.717, 1.165) is 25.3 Å². The fraction of sp³-hybridized carbons (Fsp3) is 0.375. The Bertz CT molecular complexity index is 551. The molecule has 104 valence electrons. The van der Waals surface area contributed by atoms with Crippen molar-refractivity contribution in [2.45, 2.75) is 25.3 Å². The number of likely N-dealkylation sites (tertiary alicyclic amines) is 1. The van der Waals surface area contributed by atoms with E-state index in [1.54, 1.807) is 12.4 Å². The van der Waals surface area contributed by atoms with Crippen LogP contribution in [-0.2, 0) is 6.54 Å². The average molecular weight is 332 g/mol. The van der Waals surface area contributed by atoms with Gasteiger partial charge in [-0.1, -0.05) is 34.1 Å². The number of hydrogen-bond acceptors (Lipinski definition) is 3. The summed E-state index contributed by atoms with van der Waals surface area (Å²) in [4.78, 5) is 11.1. The predicted octanol–water partition coefficient (Wildman–Crippen LogP) is 3.62. The Hall–Kier alpha value is -1.26. The van der Waals surface area contributed by atoms with Crippen LogP contribution in [0.1, 0.15) is 30.0 Å². The zero-order valence-corrected chi connectivity index (χ0v) is 13.0. The molecule has 1 aliphatic heterocycles. The lowest BCUT2D eigenvalue weighted by atomic mass is 9.93. The summed E-state index contributed by atoms with van der Waals surface area (Å²) in [6.45, 7) is 3.28. The molecule has 0 bridgehead atoms. The summed E-state index contributed by atoms with van der Waals surface area (Å²) in [5.74, 6) is 0.569. The highest BCUT2D eigenvalue weighted by Gasteiger charge is 2.21. The monoisotopic (exact) mass is 331 g/mol. The highest BCUT2D eigenvalue weighted by molar-refractivity contribution is 9.10. The standard InChI is InChI=1S/C16H18BrN3/c17-15-4-2-1-3-14(15)12-20-9-5-13(6-10-20)16-11-18-7-8-19-16/h1-4,7-8,11,13H,5-6,9-10,12H2. The molecule has 2 aromatic rings. The molecule has 1 aromatic heterocycles. The zero-order chi connectivity index (χ0) is 13.8. The number of hydrogen-bond donors (Lipinski definition) is 0. The molecule has 0 atom stereocenters. The molecule has 0 aliphatic carbocycles. The molecule has 0 spiro atoms. The summed E-state index contributed by atoms with van der Waals surface area (Å²) >= 11 is 3.63. The molecule has 1 saturated heterocycles. The Morgan fingerprint density at radius 3 is 2.65 bits per heavy atom. The Balaban J connectivity index is 1.58. The average Bonchev–Trinajstić information content (AvgIpc) is 2.51. The molecule has 0 unspecified atom stereocenters. The van der Waals surface area contributed by atoms with Crippen LogP contribution in [0.3, 0.4) is 0 Å². The van der Waals surface area contributed by atoms with Crippen molar-refractivity contribution in [3.63, 3.8) is 0 Å². The maximum Gasteiger partial charge on any atom is 0.0618 e. The first-order valence-corrected chi connectivity index (χ1v) is 7.84. The van der Waals surface area contributed by atoms with Gasteiger partial charge in [0.15, 0.2) is 0 Å². The van der Waals surface area contributed by atoms with Gasteiger partial charge in [-0.3, -0.25) is 14.9 Å². The van der Waals surface area contributed by atoms with Crippen molar-refractivity contribution in [1.82, 2.24) is 14.9 Å². The third-order valence-electron chi connectivity index (χ3n) is 3.94. The minimum Gasteiger partial charge on any atom is -0.299 e. The van der Waals surface area contributed by atoms with Crippen molar-refractivity contribution >= 4 is 15.9 Å². The molecule has 0 N–H and O–H groups in total. The maximum absolute atomic E-state index is 4.44. The number of nitrogens with zero attached hydrogens (tertiary/aromatic N) is 3. The predicted molar refractivity (Wildman–Crippen MR) is 83.4 cm³/mol. The van der Waals surface area contributed by atoms with Gasteiger partial charge in [0.05, 0.1) is 5.69 Å². The van der Waals surface area contributed by atoms with E-state index in [2.05, 4.69) is 55.1 Å². The number of benzene rings is 1. The van der Waals surface area contributed by atoms with Gasteiger partial charge in [-0.15, -0.1) is 0 Å². The lowest BCUT2D eigenvalue weighted by Gasteiger charge is -2.31. The van der Waals surface area contributed by atoms with Crippen LogP contribution in [0.5, 0.6) is 0 Å². The molecule has 20 heavy (non-hydrogen) atoms. The smallest absolute Gasteiger partial charge is 0.0618 e. The maximum atomic E-state index is 4.44. The number of halogens is 1. The minimum absolute atomic E-state index is 0.569. The van der Waals surface area contributed by atoms with Crippen LogP contribution in [0.2, 0.25) is 0 Å². The molecule has 0 radical (unpaired) electrons. The van der Waals surface area contributed by atoms with Crippen molar-refractivity contribution in [3.05, 3.63) is 58.6 Å². The van der Waals surface area contributed by atoms with Crippen molar-refractivity contribution in [3.8, 4) is 0 Å². The summed E-state index contributed by atoms with van der Waals surface area (Å²) in [6, 6.07) is 8.47.